The second kappa shape index (κ2) is 5.14. The summed E-state index contributed by atoms with van der Waals surface area (Å²) in [6.45, 7) is 1.77. The number of fused-ring (bicyclic) bond motifs is 1. The fraction of sp³-hybridized carbons (Fsp3) is 0.333. The maximum Gasteiger partial charge on any atom is 0.128 e. The van der Waals surface area contributed by atoms with Crippen LogP contribution in [-0.4, -0.2) is 0 Å². The van der Waals surface area contributed by atoms with E-state index in [0.717, 1.165) is 29.3 Å². The molecule has 100 valence electrons. The number of anilines is 1. The minimum atomic E-state index is -0.163. The van der Waals surface area contributed by atoms with Gasteiger partial charge in [-0.2, -0.15) is 0 Å². The lowest BCUT2D eigenvalue weighted by molar-refractivity contribution is 0.603. The van der Waals surface area contributed by atoms with Crippen molar-refractivity contribution in [2.24, 2.45) is 0 Å². The molecule has 4 heteroatoms. The topological polar surface area (TPSA) is 12.0 Å². The molecule has 0 aliphatic heterocycles. The summed E-state index contributed by atoms with van der Waals surface area (Å²) in [7, 11) is 0. The Morgan fingerprint density at radius 3 is 3.00 bits per heavy atom. The normalized spacial score (nSPS) is 18.2. The van der Waals surface area contributed by atoms with Gasteiger partial charge in [0.1, 0.15) is 5.82 Å². The predicted octanol–water partition coefficient (Wildman–Crippen LogP) is 5.34. The average molecular weight is 296 g/mol. The second-order valence-electron chi connectivity index (χ2n) is 4.98. The Morgan fingerprint density at radius 2 is 2.21 bits per heavy atom. The lowest BCUT2D eigenvalue weighted by atomic mass is 9.94. The van der Waals surface area contributed by atoms with Gasteiger partial charge >= 0.3 is 0 Å². The molecule has 0 spiro atoms. The molecule has 1 heterocycles. The van der Waals surface area contributed by atoms with Crippen LogP contribution in [0.1, 0.15) is 34.9 Å². The quantitative estimate of drug-likeness (QED) is 0.788. The molecule has 0 fully saturated rings. The van der Waals surface area contributed by atoms with E-state index in [1.54, 1.807) is 24.3 Å². The molecule has 1 N–H and O–H groups in total. The molecule has 1 aliphatic carbocycles. The van der Waals surface area contributed by atoms with Crippen LogP contribution < -0.4 is 5.32 Å². The number of hydrogen-bond donors (Lipinski definition) is 1. The third-order valence-corrected chi connectivity index (χ3v) is 4.94. The fourth-order valence-corrected chi connectivity index (χ4v) is 3.94. The van der Waals surface area contributed by atoms with Gasteiger partial charge < -0.3 is 5.32 Å². The van der Waals surface area contributed by atoms with Crippen molar-refractivity contribution < 1.29 is 4.39 Å². The first-order valence-corrected chi connectivity index (χ1v) is 7.64. The van der Waals surface area contributed by atoms with E-state index in [1.165, 1.54) is 10.4 Å². The summed E-state index contributed by atoms with van der Waals surface area (Å²) in [5.41, 5.74) is 2.79. The van der Waals surface area contributed by atoms with E-state index < -0.39 is 0 Å². The summed E-state index contributed by atoms with van der Waals surface area (Å²) in [6, 6.07) is 7.60. The lowest BCUT2D eigenvalue weighted by Crippen LogP contribution is -2.15. The van der Waals surface area contributed by atoms with Crippen LogP contribution in [0.15, 0.2) is 24.3 Å². The smallest absolute Gasteiger partial charge is 0.128 e. The zero-order valence-corrected chi connectivity index (χ0v) is 12.2. The van der Waals surface area contributed by atoms with Crippen LogP contribution >= 0.6 is 22.9 Å². The highest BCUT2D eigenvalue weighted by Crippen LogP contribution is 2.39. The molecule has 1 aromatic carbocycles. The van der Waals surface area contributed by atoms with E-state index in [0.29, 0.717) is 5.56 Å². The Morgan fingerprint density at radius 1 is 1.37 bits per heavy atom. The number of thiophene rings is 1. The number of hydrogen-bond acceptors (Lipinski definition) is 2. The molecule has 1 atom stereocenters. The van der Waals surface area contributed by atoms with Crippen molar-refractivity contribution in [2.45, 2.75) is 32.2 Å². The molecule has 2 aromatic rings. The Kier molecular flexibility index (Phi) is 3.50. The number of rotatable bonds is 2. The van der Waals surface area contributed by atoms with Gasteiger partial charge in [-0.15, -0.1) is 11.3 Å². The van der Waals surface area contributed by atoms with Gasteiger partial charge in [-0.1, -0.05) is 17.7 Å². The molecule has 1 aliphatic rings. The maximum absolute atomic E-state index is 13.6. The fourth-order valence-electron chi connectivity index (χ4n) is 2.56. The van der Waals surface area contributed by atoms with E-state index in [9.17, 15) is 4.39 Å². The van der Waals surface area contributed by atoms with Crippen molar-refractivity contribution in [3.05, 3.63) is 50.4 Å². The standard InChI is InChI=1S/C15H15ClFNS/c1-9-5-6-10(7-12(9)17)18-13-3-2-4-14-11(13)8-15(16)19-14/h5-8,13,18H,2-4H2,1H3. The van der Waals surface area contributed by atoms with Crippen molar-refractivity contribution >= 4 is 28.6 Å². The van der Waals surface area contributed by atoms with Crippen LogP contribution in [0.5, 0.6) is 0 Å². The van der Waals surface area contributed by atoms with Crippen LogP contribution in [0.4, 0.5) is 10.1 Å². The molecule has 0 saturated carbocycles. The maximum atomic E-state index is 13.6. The molecule has 3 rings (SSSR count). The molecule has 1 aromatic heterocycles. The van der Waals surface area contributed by atoms with Gasteiger partial charge in [0.05, 0.1) is 10.4 Å². The summed E-state index contributed by atoms with van der Waals surface area (Å²) in [4.78, 5) is 1.36. The van der Waals surface area contributed by atoms with E-state index in [2.05, 4.69) is 5.32 Å². The monoisotopic (exact) mass is 295 g/mol. The van der Waals surface area contributed by atoms with Crippen molar-refractivity contribution in [1.29, 1.82) is 0 Å². The van der Waals surface area contributed by atoms with Crippen molar-refractivity contribution in [3.8, 4) is 0 Å². The summed E-state index contributed by atoms with van der Waals surface area (Å²) >= 11 is 7.76. The summed E-state index contributed by atoms with van der Waals surface area (Å²) in [5, 5.41) is 3.43. The van der Waals surface area contributed by atoms with E-state index >= 15 is 0 Å². The van der Waals surface area contributed by atoms with Gasteiger partial charge in [0, 0.05) is 10.6 Å². The highest BCUT2D eigenvalue weighted by molar-refractivity contribution is 7.16. The first-order valence-electron chi connectivity index (χ1n) is 6.44. The number of benzene rings is 1. The predicted molar refractivity (Wildman–Crippen MR) is 79.8 cm³/mol. The van der Waals surface area contributed by atoms with E-state index in [-0.39, 0.29) is 11.9 Å². The first-order chi connectivity index (χ1) is 9.13. The molecular weight excluding hydrogens is 281 g/mol. The van der Waals surface area contributed by atoms with Crippen LogP contribution in [0.2, 0.25) is 4.34 Å². The number of nitrogens with one attached hydrogen (secondary N) is 1. The molecule has 0 bridgehead atoms. The zero-order valence-electron chi connectivity index (χ0n) is 10.7. The molecular formula is C15H15ClFNS. The third-order valence-electron chi connectivity index (χ3n) is 3.60. The molecule has 1 nitrogen and oxygen atoms in total. The van der Waals surface area contributed by atoms with Gasteiger partial charge in [0.25, 0.3) is 0 Å². The number of aryl methyl sites for hydroxylation is 2. The summed E-state index contributed by atoms with van der Waals surface area (Å²) < 4.78 is 14.4. The first kappa shape index (κ1) is 12.9. The number of halogens is 2. The summed E-state index contributed by atoms with van der Waals surface area (Å²) in [6.07, 6.45) is 3.32. The van der Waals surface area contributed by atoms with Crippen molar-refractivity contribution in [2.75, 3.05) is 5.32 Å². The van der Waals surface area contributed by atoms with Gasteiger partial charge in [-0.05, 0) is 55.5 Å². The van der Waals surface area contributed by atoms with Gasteiger partial charge in [-0.3, -0.25) is 0 Å². The van der Waals surface area contributed by atoms with E-state index in [4.69, 9.17) is 11.6 Å². The molecule has 0 radical (unpaired) electrons. The highest BCUT2D eigenvalue weighted by atomic mass is 35.5. The Bertz CT molecular complexity index is 608. The SMILES string of the molecule is Cc1ccc(NC2CCCc3sc(Cl)cc32)cc1F. The zero-order chi connectivity index (χ0) is 13.4. The average Bonchev–Trinajstić information content (AvgIpc) is 2.75. The van der Waals surface area contributed by atoms with Crippen molar-refractivity contribution in [1.82, 2.24) is 0 Å². The van der Waals surface area contributed by atoms with Gasteiger partial charge in [-0.25, -0.2) is 4.39 Å². The van der Waals surface area contributed by atoms with Crippen molar-refractivity contribution in [3.63, 3.8) is 0 Å². The minimum Gasteiger partial charge on any atom is -0.378 e. The van der Waals surface area contributed by atoms with Crippen LogP contribution in [0, 0.1) is 12.7 Å². The molecule has 0 saturated heterocycles. The molecule has 1 unspecified atom stereocenters. The lowest BCUT2D eigenvalue weighted by Gasteiger charge is -2.24. The highest BCUT2D eigenvalue weighted by Gasteiger charge is 2.22. The van der Waals surface area contributed by atoms with Crippen LogP contribution in [-0.2, 0) is 6.42 Å². The van der Waals surface area contributed by atoms with Gasteiger partial charge in [0.15, 0.2) is 0 Å². The summed E-state index contributed by atoms with van der Waals surface area (Å²) in [5.74, 6) is -0.163. The molecule has 0 amide bonds. The van der Waals surface area contributed by atoms with Gasteiger partial charge in [0.2, 0.25) is 0 Å². The van der Waals surface area contributed by atoms with Crippen LogP contribution in [0.3, 0.4) is 0 Å². The Labute approximate surface area is 121 Å². The largest absolute Gasteiger partial charge is 0.378 e. The minimum absolute atomic E-state index is 0.163. The van der Waals surface area contributed by atoms with Crippen LogP contribution in [0.25, 0.3) is 0 Å². The Balaban J connectivity index is 1.86. The van der Waals surface area contributed by atoms with E-state index in [1.807, 2.05) is 18.2 Å². The Hall–Kier alpha value is -1.06. The molecule has 19 heavy (non-hydrogen) atoms. The second-order valence-corrected chi connectivity index (χ2v) is 6.75. The third kappa shape index (κ3) is 2.63.